The van der Waals surface area contributed by atoms with Crippen molar-refractivity contribution in [1.29, 1.82) is 0 Å². The highest BCUT2D eigenvalue weighted by molar-refractivity contribution is 5.99. The number of nitrogens with two attached hydrogens (primary N) is 1. The fourth-order valence-electron chi connectivity index (χ4n) is 1.33. The van der Waals surface area contributed by atoms with Gasteiger partial charge in [-0.2, -0.15) is 22.0 Å². The van der Waals surface area contributed by atoms with Crippen LogP contribution in [-0.2, 0) is 4.79 Å². The van der Waals surface area contributed by atoms with Gasteiger partial charge in [-0.05, 0) is 0 Å². The molecule has 1 aromatic rings. The van der Waals surface area contributed by atoms with Crippen LogP contribution in [0, 0.1) is 0 Å². The summed E-state index contributed by atoms with van der Waals surface area (Å²) in [6.45, 7) is 0. The van der Waals surface area contributed by atoms with Crippen LogP contribution in [0.15, 0.2) is 12.1 Å². The molecular weight excluding hydrogens is 303 g/mol. The third-order valence-corrected chi connectivity index (χ3v) is 2.45. The molecule has 0 saturated heterocycles. The second-order valence-corrected chi connectivity index (χ2v) is 3.82. The van der Waals surface area contributed by atoms with Gasteiger partial charge in [0.05, 0.1) is 25.6 Å². The van der Waals surface area contributed by atoms with Crippen molar-refractivity contribution in [2.24, 2.45) is 0 Å². The number of ether oxygens (including phenoxy) is 2. The lowest BCUT2D eigenvalue weighted by atomic mass is 10.2. The zero-order valence-corrected chi connectivity index (χ0v) is 10.8. The minimum absolute atomic E-state index is 0.00248. The number of hydrogen-bond acceptors (Lipinski definition) is 4. The second-order valence-electron chi connectivity index (χ2n) is 3.82. The van der Waals surface area contributed by atoms with Crippen LogP contribution in [0.2, 0.25) is 0 Å². The van der Waals surface area contributed by atoms with E-state index in [9.17, 15) is 26.7 Å². The lowest BCUT2D eigenvalue weighted by Gasteiger charge is -2.20. The number of nitrogens with one attached hydrogen (secondary N) is 1. The molecule has 0 radical (unpaired) electrons. The third kappa shape index (κ3) is 3.26. The fourth-order valence-corrected chi connectivity index (χ4v) is 1.33. The molecule has 0 aliphatic carbocycles. The number of alkyl halides is 5. The van der Waals surface area contributed by atoms with E-state index in [1.54, 1.807) is 0 Å². The molecular formula is C11H11F5N2O3. The van der Waals surface area contributed by atoms with Crippen LogP contribution in [0.5, 0.6) is 11.5 Å². The molecule has 21 heavy (non-hydrogen) atoms. The number of amides is 1. The topological polar surface area (TPSA) is 73.6 Å². The number of carbonyl (C=O) groups is 1. The SMILES string of the molecule is COc1cc(N)c(NC(=O)C(F)(F)C(F)(F)F)cc1OC. The molecule has 0 heterocycles. The molecule has 0 atom stereocenters. The number of nitrogen functional groups attached to an aromatic ring is 1. The largest absolute Gasteiger partial charge is 0.493 e. The maximum atomic E-state index is 12.8. The van der Waals surface area contributed by atoms with E-state index < -0.39 is 23.7 Å². The van der Waals surface area contributed by atoms with Gasteiger partial charge in [-0.3, -0.25) is 4.79 Å². The van der Waals surface area contributed by atoms with Gasteiger partial charge in [-0.15, -0.1) is 0 Å². The van der Waals surface area contributed by atoms with Crippen LogP contribution >= 0.6 is 0 Å². The maximum absolute atomic E-state index is 12.8. The highest BCUT2D eigenvalue weighted by atomic mass is 19.4. The van der Waals surface area contributed by atoms with Crippen LogP contribution in [0.3, 0.4) is 0 Å². The van der Waals surface area contributed by atoms with Gasteiger partial charge in [0.1, 0.15) is 0 Å². The average Bonchev–Trinajstić information content (AvgIpc) is 2.38. The monoisotopic (exact) mass is 314 g/mol. The average molecular weight is 314 g/mol. The van der Waals surface area contributed by atoms with Crippen LogP contribution < -0.4 is 20.5 Å². The van der Waals surface area contributed by atoms with Crippen LogP contribution in [0.25, 0.3) is 0 Å². The van der Waals surface area contributed by atoms with E-state index in [0.717, 1.165) is 12.1 Å². The first kappa shape index (κ1) is 16.8. The van der Waals surface area contributed by atoms with Crippen molar-refractivity contribution in [3.05, 3.63) is 12.1 Å². The standard InChI is InChI=1S/C11H11F5N2O3/c1-20-7-3-5(17)6(4-8(7)21-2)18-9(19)10(12,13)11(14,15)16/h3-4H,17H2,1-2H3,(H,18,19). The van der Waals surface area contributed by atoms with Gasteiger partial charge in [0, 0.05) is 12.1 Å². The van der Waals surface area contributed by atoms with Crippen molar-refractivity contribution < 1.29 is 36.2 Å². The molecule has 1 amide bonds. The molecule has 1 aromatic carbocycles. The van der Waals surface area contributed by atoms with Crippen LogP contribution in [0.4, 0.5) is 33.3 Å². The predicted octanol–water partition coefficient (Wildman–Crippen LogP) is 2.42. The molecule has 1 rings (SSSR count). The van der Waals surface area contributed by atoms with Crippen molar-refractivity contribution in [2.45, 2.75) is 12.1 Å². The zero-order valence-electron chi connectivity index (χ0n) is 10.8. The van der Waals surface area contributed by atoms with Gasteiger partial charge in [-0.25, -0.2) is 0 Å². The Morgan fingerprint density at radius 2 is 1.57 bits per heavy atom. The number of methoxy groups -OCH3 is 2. The van der Waals surface area contributed by atoms with Gasteiger partial charge in [0.25, 0.3) is 0 Å². The van der Waals surface area contributed by atoms with Crippen molar-refractivity contribution in [3.8, 4) is 11.5 Å². The minimum atomic E-state index is -6.01. The molecule has 118 valence electrons. The minimum Gasteiger partial charge on any atom is -0.493 e. The molecule has 0 spiro atoms. The van der Waals surface area contributed by atoms with E-state index in [0.29, 0.717) is 0 Å². The molecule has 0 aliphatic heterocycles. The first-order valence-electron chi connectivity index (χ1n) is 5.32. The van der Waals surface area contributed by atoms with Crippen LogP contribution in [0.1, 0.15) is 0 Å². The van der Waals surface area contributed by atoms with E-state index >= 15 is 0 Å². The summed E-state index contributed by atoms with van der Waals surface area (Å²) in [5.41, 5.74) is 4.72. The number of halogens is 5. The Morgan fingerprint density at radius 3 is 2.00 bits per heavy atom. The zero-order chi connectivity index (χ0) is 16.4. The summed E-state index contributed by atoms with van der Waals surface area (Å²) in [4.78, 5) is 11.1. The fraction of sp³-hybridized carbons (Fsp3) is 0.364. The lowest BCUT2D eigenvalue weighted by Crippen LogP contribution is -2.47. The Labute approximate surface area is 115 Å². The summed E-state index contributed by atoms with van der Waals surface area (Å²) >= 11 is 0. The number of rotatable bonds is 4. The predicted molar refractivity (Wildman–Crippen MR) is 63.6 cm³/mol. The molecule has 10 heteroatoms. The summed E-state index contributed by atoms with van der Waals surface area (Å²) < 4.78 is 71.5. The van der Waals surface area contributed by atoms with E-state index in [1.807, 2.05) is 0 Å². The second kappa shape index (κ2) is 5.62. The van der Waals surface area contributed by atoms with E-state index in [-0.39, 0.29) is 17.2 Å². The number of benzene rings is 1. The van der Waals surface area contributed by atoms with Gasteiger partial charge in [0.15, 0.2) is 11.5 Å². The van der Waals surface area contributed by atoms with E-state index in [2.05, 4.69) is 0 Å². The number of anilines is 2. The maximum Gasteiger partial charge on any atom is 0.463 e. The molecule has 0 saturated carbocycles. The summed E-state index contributed by atoms with van der Waals surface area (Å²) in [6, 6.07) is 2.08. The van der Waals surface area contributed by atoms with Crippen molar-refractivity contribution in [3.63, 3.8) is 0 Å². The first-order chi connectivity index (χ1) is 9.54. The molecule has 3 N–H and O–H groups in total. The Kier molecular flexibility index (Phi) is 4.49. The number of hydrogen-bond donors (Lipinski definition) is 2. The normalized spacial score (nSPS) is 12.0. The summed E-state index contributed by atoms with van der Waals surface area (Å²) in [5.74, 6) is -7.98. The summed E-state index contributed by atoms with van der Waals surface area (Å²) in [6.07, 6.45) is -6.01. The Bertz CT molecular complexity index is 545. The summed E-state index contributed by atoms with van der Waals surface area (Å²) in [5, 5.41) is 1.41. The Hall–Kier alpha value is -2.26. The number of carbonyl (C=O) groups excluding carboxylic acids is 1. The van der Waals surface area contributed by atoms with Crippen molar-refractivity contribution in [1.82, 2.24) is 0 Å². The van der Waals surface area contributed by atoms with Gasteiger partial charge in [0.2, 0.25) is 0 Å². The third-order valence-electron chi connectivity index (χ3n) is 2.45. The molecule has 5 nitrogen and oxygen atoms in total. The molecule has 0 bridgehead atoms. The van der Waals surface area contributed by atoms with Crippen LogP contribution in [-0.4, -0.2) is 32.2 Å². The molecule has 0 aliphatic rings. The van der Waals surface area contributed by atoms with E-state index in [1.165, 1.54) is 19.5 Å². The van der Waals surface area contributed by atoms with Gasteiger partial charge < -0.3 is 20.5 Å². The van der Waals surface area contributed by atoms with Gasteiger partial charge >= 0.3 is 18.0 Å². The van der Waals surface area contributed by atoms with Crippen molar-refractivity contribution >= 4 is 17.3 Å². The Morgan fingerprint density at radius 1 is 1.10 bits per heavy atom. The highest BCUT2D eigenvalue weighted by Crippen LogP contribution is 2.38. The molecule has 0 aromatic heterocycles. The highest BCUT2D eigenvalue weighted by Gasteiger charge is 2.63. The van der Waals surface area contributed by atoms with Crippen molar-refractivity contribution in [2.75, 3.05) is 25.3 Å². The molecule has 0 fully saturated rings. The lowest BCUT2D eigenvalue weighted by molar-refractivity contribution is -0.267. The first-order valence-corrected chi connectivity index (χ1v) is 5.32. The quantitative estimate of drug-likeness (QED) is 0.661. The van der Waals surface area contributed by atoms with E-state index in [4.69, 9.17) is 15.2 Å². The smallest absolute Gasteiger partial charge is 0.463 e. The van der Waals surface area contributed by atoms with Gasteiger partial charge in [-0.1, -0.05) is 0 Å². The summed E-state index contributed by atoms with van der Waals surface area (Å²) in [7, 11) is 2.48. The Balaban J connectivity index is 3.12. The molecule has 0 unspecified atom stereocenters.